The largest absolute Gasteiger partial charge is 0.298 e. The molecule has 2 heterocycles. The second-order valence-electron chi connectivity index (χ2n) is 6.51. The Hall–Kier alpha value is -2.42. The molecule has 3 aromatic rings. The molecule has 27 heavy (non-hydrogen) atoms. The summed E-state index contributed by atoms with van der Waals surface area (Å²) in [5, 5.41) is 12.5. The highest BCUT2D eigenvalue weighted by molar-refractivity contribution is 8.00. The SMILES string of the molecule is N#Cc1c(-c2ccccc2)cc(-c2cccs2)nc1SC1CCCCC1=O. The molecule has 0 radical (unpaired) electrons. The molecule has 0 aliphatic heterocycles. The predicted octanol–water partition coefficient (Wildman–Crippen LogP) is 5.95. The van der Waals surface area contributed by atoms with Crippen LogP contribution in [0.3, 0.4) is 0 Å². The lowest BCUT2D eigenvalue weighted by molar-refractivity contribution is -0.119. The number of carbonyl (C=O) groups excluding carboxylic acids is 1. The third-order valence-corrected chi connectivity index (χ3v) is 6.90. The highest BCUT2D eigenvalue weighted by Crippen LogP contribution is 2.38. The molecule has 134 valence electrons. The Labute approximate surface area is 167 Å². The van der Waals surface area contributed by atoms with Gasteiger partial charge in [-0.15, -0.1) is 11.3 Å². The minimum absolute atomic E-state index is 0.0967. The van der Waals surface area contributed by atoms with Crippen molar-refractivity contribution in [2.75, 3.05) is 0 Å². The number of benzene rings is 1. The molecule has 1 fully saturated rings. The molecular weight excluding hydrogens is 372 g/mol. The summed E-state index contributed by atoms with van der Waals surface area (Å²) in [6, 6.07) is 18.3. The number of thiophene rings is 1. The van der Waals surface area contributed by atoms with Gasteiger partial charge in [-0.1, -0.05) is 54.6 Å². The maximum atomic E-state index is 12.3. The van der Waals surface area contributed by atoms with E-state index in [2.05, 4.69) is 6.07 Å². The van der Waals surface area contributed by atoms with Gasteiger partial charge in [0.05, 0.1) is 21.4 Å². The van der Waals surface area contributed by atoms with Crippen LogP contribution in [0.5, 0.6) is 0 Å². The molecule has 1 aliphatic rings. The van der Waals surface area contributed by atoms with Crippen molar-refractivity contribution in [1.82, 2.24) is 4.98 Å². The number of hydrogen-bond donors (Lipinski definition) is 0. The van der Waals surface area contributed by atoms with Gasteiger partial charge in [-0.3, -0.25) is 4.79 Å². The number of hydrogen-bond acceptors (Lipinski definition) is 5. The van der Waals surface area contributed by atoms with Crippen molar-refractivity contribution in [3.63, 3.8) is 0 Å². The summed E-state index contributed by atoms with van der Waals surface area (Å²) in [6.45, 7) is 0. The molecule has 3 nitrogen and oxygen atoms in total. The standard InChI is InChI=1S/C22H18N2OS2/c23-14-17-16(15-7-2-1-3-8-15)13-18(20-11-6-12-26-20)24-22(17)27-21-10-5-4-9-19(21)25/h1-3,6-8,11-13,21H,4-5,9-10H2. The van der Waals surface area contributed by atoms with Gasteiger partial charge in [0.1, 0.15) is 16.9 Å². The van der Waals surface area contributed by atoms with Gasteiger partial charge in [-0.25, -0.2) is 4.98 Å². The van der Waals surface area contributed by atoms with Crippen LogP contribution in [0.25, 0.3) is 21.7 Å². The van der Waals surface area contributed by atoms with Crippen molar-refractivity contribution in [2.45, 2.75) is 36.0 Å². The first-order valence-electron chi connectivity index (χ1n) is 9.00. The molecule has 0 amide bonds. The van der Waals surface area contributed by atoms with E-state index >= 15 is 0 Å². The summed E-state index contributed by atoms with van der Waals surface area (Å²) in [4.78, 5) is 18.2. The second-order valence-corrected chi connectivity index (χ2v) is 8.65. The second kappa shape index (κ2) is 8.08. The molecular formula is C22H18N2OS2. The third-order valence-electron chi connectivity index (χ3n) is 4.71. The van der Waals surface area contributed by atoms with E-state index in [1.54, 1.807) is 11.3 Å². The maximum Gasteiger partial charge on any atom is 0.146 e. The van der Waals surface area contributed by atoms with Crippen LogP contribution in [0.15, 0.2) is 58.9 Å². The van der Waals surface area contributed by atoms with E-state index in [-0.39, 0.29) is 11.0 Å². The number of nitriles is 1. The van der Waals surface area contributed by atoms with E-state index in [0.717, 1.165) is 41.0 Å². The highest BCUT2D eigenvalue weighted by Gasteiger charge is 2.26. The Bertz CT molecular complexity index is 991. The van der Waals surface area contributed by atoms with Gasteiger partial charge in [0.25, 0.3) is 0 Å². The first kappa shape index (κ1) is 18.0. The Kier molecular flexibility index (Phi) is 5.38. The first-order valence-corrected chi connectivity index (χ1v) is 10.8. The fourth-order valence-electron chi connectivity index (χ4n) is 3.32. The van der Waals surface area contributed by atoms with E-state index in [1.165, 1.54) is 11.8 Å². The normalized spacial score (nSPS) is 16.9. The van der Waals surface area contributed by atoms with Gasteiger partial charge >= 0.3 is 0 Å². The highest BCUT2D eigenvalue weighted by atomic mass is 32.2. The summed E-state index contributed by atoms with van der Waals surface area (Å²) in [5.41, 5.74) is 3.28. The van der Waals surface area contributed by atoms with Crippen molar-refractivity contribution in [3.8, 4) is 27.8 Å². The van der Waals surface area contributed by atoms with Crippen LogP contribution in [0.1, 0.15) is 31.2 Å². The third kappa shape index (κ3) is 3.83. The van der Waals surface area contributed by atoms with Crippen molar-refractivity contribution in [1.29, 1.82) is 5.26 Å². The molecule has 1 unspecified atom stereocenters. The van der Waals surface area contributed by atoms with E-state index in [4.69, 9.17) is 4.98 Å². The van der Waals surface area contributed by atoms with E-state index < -0.39 is 0 Å². The van der Waals surface area contributed by atoms with Crippen LogP contribution in [-0.4, -0.2) is 16.0 Å². The van der Waals surface area contributed by atoms with Crippen molar-refractivity contribution in [3.05, 3.63) is 59.5 Å². The molecule has 0 bridgehead atoms. The minimum atomic E-state index is -0.0967. The van der Waals surface area contributed by atoms with E-state index in [0.29, 0.717) is 17.0 Å². The molecule has 2 aromatic heterocycles. The zero-order chi connectivity index (χ0) is 18.6. The number of pyridine rings is 1. The van der Waals surface area contributed by atoms with Crippen LogP contribution in [0, 0.1) is 11.3 Å². The maximum absolute atomic E-state index is 12.3. The number of nitrogens with zero attached hydrogens (tertiary/aromatic N) is 2. The zero-order valence-electron chi connectivity index (χ0n) is 14.7. The zero-order valence-corrected chi connectivity index (χ0v) is 16.4. The minimum Gasteiger partial charge on any atom is -0.298 e. The van der Waals surface area contributed by atoms with Crippen LogP contribution in [-0.2, 0) is 4.79 Å². The quantitative estimate of drug-likeness (QED) is 0.552. The van der Waals surface area contributed by atoms with Gasteiger partial charge < -0.3 is 0 Å². The molecule has 5 heteroatoms. The summed E-state index contributed by atoms with van der Waals surface area (Å²) in [5.74, 6) is 0.278. The van der Waals surface area contributed by atoms with Crippen LogP contribution in [0.2, 0.25) is 0 Å². The molecule has 1 aromatic carbocycles. The summed E-state index contributed by atoms with van der Waals surface area (Å²) >= 11 is 3.09. The predicted molar refractivity (Wildman–Crippen MR) is 111 cm³/mol. The van der Waals surface area contributed by atoms with Crippen molar-refractivity contribution < 1.29 is 4.79 Å². The van der Waals surface area contributed by atoms with Crippen LogP contribution in [0.4, 0.5) is 0 Å². The lowest BCUT2D eigenvalue weighted by atomic mass is 9.99. The molecule has 0 spiro atoms. The Morgan fingerprint density at radius 2 is 2.00 bits per heavy atom. The van der Waals surface area contributed by atoms with Gasteiger partial charge in [-0.05, 0) is 35.9 Å². The average Bonchev–Trinajstić information content (AvgIpc) is 3.25. The Morgan fingerprint density at radius 3 is 2.70 bits per heavy atom. The van der Waals surface area contributed by atoms with E-state index in [9.17, 15) is 10.1 Å². The number of aromatic nitrogens is 1. The topological polar surface area (TPSA) is 53.8 Å². The molecule has 4 rings (SSSR count). The van der Waals surface area contributed by atoms with Crippen molar-refractivity contribution >= 4 is 28.9 Å². The monoisotopic (exact) mass is 390 g/mol. The van der Waals surface area contributed by atoms with E-state index in [1.807, 2.05) is 53.9 Å². The number of thioether (sulfide) groups is 1. The van der Waals surface area contributed by atoms with Gasteiger partial charge in [0.15, 0.2) is 0 Å². The van der Waals surface area contributed by atoms with Crippen molar-refractivity contribution in [2.24, 2.45) is 0 Å². The molecule has 0 saturated heterocycles. The number of ketones is 1. The van der Waals surface area contributed by atoms with Gasteiger partial charge in [0, 0.05) is 12.0 Å². The number of rotatable bonds is 4. The smallest absolute Gasteiger partial charge is 0.146 e. The Morgan fingerprint density at radius 1 is 1.15 bits per heavy atom. The molecule has 1 saturated carbocycles. The van der Waals surface area contributed by atoms with Crippen LogP contribution >= 0.6 is 23.1 Å². The molecule has 1 atom stereocenters. The lowest BCUT2D eigenvalue weighted by Crippen LogP contribution is -2.21. The summed E-state index contributed by atoms with van der Waals surface area (Å²) in [6.07, 6.45) is 3.52. The fraction of sp³-hybridized carbons (Fsp3) is 0.227. The first-order chi connectivity index (χ1) is 13.3. The van der Waals surface area contributed by atoms with Gasteiger partial charge in [0.2, 0.25) is 0 Å². The summed E-state index contributed by atoms with van der Waals surface area (Å²) in [7, 11) is 0. The lowest BCUT2D eigenvalue weighted by Gasteiger charge is -2.20. The number of Topliss-reactive ketones (excluding diaryl/α,β-unsaturated/α-hetero) is 1. The summed E-state index contributed by atoms with van der Waals surface area (Å²) < 4.78 is 0. The Balaban J connectivity index is 1.84. The fourth-order valence-corrected chi connectivity index (χ4v) is 5.24. The molecule has 1 aliphatic carbocycles. The van der Waals surface area contributed by atoms with Crippen LogP contribution < -0.4 is 0 Å². The number of carbonyl (C=O) groups is 1. The molecule has 0 N–H and O–H groups in total. The van der Waals surface area contributed by atoms with Gasteiger partial charge in [-0.2, -0.15) is 5.26 Å². The average molecular weight is 391 g/mol.